The quantitative estimate of drug-likeness (QED) is 0.929. The van der Waals surface area contributed by atoms with Crippen molar-refractivity contribution in [3.8, 4) is 11.8 Å². The topological polar surface area (TPSA) is 53.2 Å². The monoisotopic (exact) mass is 305 g/mol. The molecule has 0 aliphatic heterocycles. The highest BCUT2D eigenvalue weighted by atomic mass is 35.5. The highest BCUT2D eigenvalue weighted by Gasteiger charge is 2.08. The van der Waals surface area contributed by atoms with E-state index in [-0.39, 0.29) is 12.2 Å². The molecule has 2 aromatic rings. The molecule has 3 nitrogen and oxygen atoms in total. The summed E-state index contributed by atoms with van der Waals surface area (Å²) in [5, 5.41) is 18.6. The van der Waals surface area contributed by atoms with Gasteiger partial charge in [-0.2, -0.15) is 5.26 Å². The van der Waals surface area contributed by atoms with Crippen LogP contribution in [-0.4, -0.2) is 5.11 Å². The van der Waals surface area contributed by atoms with Crippen LogP contribution in [0, 0.1) is 17.1 Å². The fourth-order valence-electron chi connectivity index (χ4n) is 1.80. The first kappa shape index (κ1) is 15.3. The van der Waals surface area contributed by atoms with Gasteiger partial charge in [0.1, 0.15) is 24.2 Å². The number of ether oxygens (including phenoxy) is 1. The Kier molecular flexibility index (Phi) is 4.79. The third kappa shape index (κ3) is 3.72. The predicted octanol–water partition coefficient (Wildman–Crippen LogP) is 3.98. The van der Waals surface area contributed by atoms with Gasteiger partial charge in [-0.3, -0.25) is 0 Å². The van der Waals surface area contributed by atoms with Crippen LogP contribution in [0.3, 0.4) is 0 Å². The van der Waals surface area contributed by atoms with Crippen molar-refractivity contribution in [2.24, 2.45) is 0 Å². The molecule has 0 aliphatic carbocycles. The van der Waals surface area contributed by atoms with Gasteiger partial charge in [0.25, 0.3) is 0 Å². The molecule has 0 heterocycles. The normalized spacial score (nSPS) is 11.8. The fourth-order valence-corrected chi connectivity index (χ4v) is 2.05. The van der Waals surface area contributed by atoms with Gasteiger partial charge in [0, 0.05) is 0 Å². The molecule has 1 atom stereocenters. The van der Waals surface area contributed by atoms with Crippen LogP contribution in [0.1, 0.15) is 29.7 Å². The molecule has 0 radical (unpaired) electrons. The molecule has 108 valence electrons. The maximum absolute atomic E-state index is 13.2. The SMILES string of the molecule is C[C@H](O)c1ccc(OCc2ccc(F)c(C#N)c2)c(Cl)c1. The molecule has 0 aromatic heterocycles. The van der Waals surface area contributed by atoms with Crippen LogP contribution >= 0.6 is 11.6 Å². The van der Waals surface area contributed by atoms with Gasteiger partial charge < -0.3 is 9.84 Å². The maximum Gasteiger partial charge on any atom is 0.140 e. The maximum atomic E-state index is 13.2. The lowest BCUT2D eigenvalue weighted by Gasteiger charge is -2.11. The van der Waals surface area contributed by atoms with Gasteiger partial charge in [-0.05, 0) is 42.3 Å². The zero-order chi connectivity index (χ0) is 15.4. The van der Waals surface area contributed by atoms with E-state index in [0.29, 0.717) is 21.9 Å². The summed E-state index contributed by atoms with van der Waals surface area (Å²) in [6.45, 7) is 1.82. The Morgan fingerprint density at radius 1 is 1.33 bits per heavy atom. The van der Waals surface area contributed by atoms with E-state index >= 15 is 0 Å². The number of hydrogen-bond donors (Lipinski definition) is 1. The number of benzene rings is 2. The molecule has 1 N–H and O–H groups in total. The van der Waals surface area contributed by atoms with Crippen molar-refractivity contribution in [1.82, 2.24) is 0 Å². The number of nitriles is 1. The number of nitrogens with zero attached hydrogens (tertiary/aromatic N) is 1. The smallest absolute Gasteiger partial charge is 0.140 e. The summed E-state index contributed by atoms with van der Waals surface area (Å²) in [4.78, 5) is 0. The minimum Gasteiger partial charge on any atom is -0.487 e. The van der Waals surface area contributed by atoms with Gasteiger partial charge in [-0.1, -0.05) is 23.7 Å². The number of hydrogen-bond acceptors (Lipinski definition) is 3. The van der Waals surface area contributed by atoms with E-state index in [0.717, 1.165) is 0 Å². The van der Waals surface area contributed by atoms with E-state index in [4.69, 9.17) is 21.6 Å². The summed E-state index contributed by atoms with van der Waals surface area (Å²) in [5.74, 6) is -0.0931. The van der Waals surface area contributed by atoms with Crippen LogP contribution in [0.5, 0.6) is 5.75 Å². The Morgan fingerprint density at radius 2 is 2.10 bits per heavy atom. The molecule has 0 aliphatic rings. The Bertz CT molecular complexity index is 695. The zero-order valence-electron chi connectivity index (χ0n) is 11.3. The molecule has 0 saturated heterocycles. The summed E-state index contributed by atoms with van der Waals surface area (Å²) < 4.78 is 18.8. The molecule has 0 unspecified atom stereocenters. The van der Waals surface area contributed by atoms with E-state index in [1.807, 2.05) is 0 Å². The third-order valence-corrected chi connectivity index (χ3v) is 3.28. The van der Waals surface area contributed by atoms with Crippen molar-refractivity contribution in [1.29, 1.82) is 5.26 Å². The van der Waals surface area contributed by atoms with Crippen molar-refractivity contribution in [3.05, 3.63) is 63.9 Å². The lowest BCUT2D eigenvalue weighted by atomic mass is 10.1. The molecule has 0 amide bonds. The molecule has 0 saturated carbocycles. The second kappa shape index (κ2) is 6.57. The van der Waals surface area contributed by atoms with Gasteiger partial charge in [-0.15, -0.1) is 0 Å². The van der Waals surface area contributed by atoms with Crippen LogP contribution in [-0.2, 0) is 6.61 Å². The standard InChI is InChI=1S/C16H13ClFNO2/c1-10(20)12-3-5-16(14(17)7-12)21-9-11-2-4-15(18)13(6-11)8-19/h2-7,10,20H,9H2,1H3/t10-/m0/s1. The van der Waals surface area contributed by atoms with Crippen LogP contribution in [0.25, 0.3) is 0 Å². The Morgan fingerprint density at radius 3 is 2.71 bits per heavy atom. The second-order valence-electron chi connectivity index (χ2n) is 4.58. The molecular formula is C16H13ClFNO2. The molecule has 2 rings (SSSR count). The highest BCUT2D eigenvalue weighted by Crippen LogP contribution is 2.28. The summed E-state index contributed by atoms with van der Waals surface area (Å²) in [6, 6.07) is 11.0. The first-order chi connectivity index (χ1) is 10.0. The van der Waals surface area contributed by atoms with E-state index < -0.39 is 11.9 Å². The third-order valence-electron chi connectivity index (χ3n) is 2.98. The minimum atomic E-state index is -0.605. The minimum absolute atomic E-state index is 0.0216. The average molecular weight is 306 g/mol. The van der Waals surface area contributed by atoms with Crippen molar-refractivity contribution >= 4 is 11.6 Å². The highest BCUT2D eigenvalue weighted by molar-refractivity contribution is 6.32. The first-order valence-electron chi connectivity index (χ1n) is 6.30. The first-order valence-corrected chi connectivity index (χ1v) is 6.68. The largest absolute Gasteiger partial charge is 0.487 e. The summed E-state index contributed by atoms with van der Waals surface area (Å²) in [5.41, 5.74) is 1.34. The van der Waals surface area contributed by atoms with Gasteiger partial charge >= 0.3 is 0 Å². The number of aliphatic hydroxyl groups excluding tert-OH is 1. The van der Waals surface area contributed by atoms with Crippen LogP contribution in [0.2, 0.25) is 5.02 Å². The summed E-state index contributed by atoms with van der Waals surface area (Å²) >= 11 is 6.08. The van der Waals surface area contributed by atoms with Crippen LogP contribution in [0.15, 0.2) is 36.4 Å². The lowest BCUT2D eigenvalue weighted by molar-refractivity contribution is 0.199. The van der Waals surface area contributed by atoms with E-state index in [1.165, 1.54) is 12.1 Å². The van der Waals surface area contributed by atoms with Gasteiger partial charge in [-0.25, -0.2) is 4.39 Å². The summed E-state index contributed by atoms with van der Waals surface area (Å²) in [6.07, 6.45) is -0.605. The molecule has 2 aromatic carbocycles. The second-order valence-corrected chi connectivity index (χ2v) is 4.99. The van der Waals surface area contributed by atoms with Crippen LogP contribution < -0.4 is 4.74 Å². The van der Waals surface area contributed by atoms with Crippen molar-refractivity contribution in [2.45, 2.75) is 19.6 Å². The molecule has 0 fully saturated rings. The number of rotatable bonds is 4. The molecule has 0 spiro atoms. The van der Waals surface area contributed by atoms with Crippen molar-refractivity contribution in [2.75, 3.05) is 0 Å². The molecule has 5 heteroatoms. The van der Waals surface area contributed by atoms with Crippen LogP contribution in [0.4, 0.5) is 4.39 Å². The lowest BCUT2D eigenvalue weighted by Crippen LogP contribution is -1.98. The van der Waals surface area contributed by atoms with Gasteiger partial charge in [0.15, 0.2) is 0 Å². The van der Waals surface area contributed by atoms with Gasteiger partial charge in [0.05, 0.1) is 16.7 Å². The Labute approximate surface area is 127 Å². The predicted molar refractivity (Wildman–Crippen MR) is 77.5 cm³/mol. The Balaban J connectivity index is 2.12. The van der Waals surface area contributed by atoms with Crippen molar-refractivity contribution in [3.63, 3.8) is 0 Å². The molecule has 0 bridgehead atoms. The number of halogens is 2. The van der Waals surface area contributed by atoms with E-state index in [1.54, 1.807) is 37.3 Å². The van der Waals surface area contributed by atoms with Gasteiger partial charge in [0.2, 0.25) is 0 Å². The fraction of sp³-hybridized carbons (Fsp3) is 0.188. The van der Waals surface area contributed by atoms with E-state index in [9.17, 15) is 9.50 Å². The van der Waals surface area contributed by atoms with E-state index in [2.05, 4.69) is 0 Å². The molecule has 21 heavy (non-hydrogen) atoms. The Hall–Kier alpha value is -2.09. The zero-order valence-corrected chi connectivity index (χ0v) is 12.1. The average Bonchev–Trinajstić information content (AvgIpc) is 2.47. The number of aliphatic hydroxyl groups is 1. The molecular weight excluding hydrogens is 293 g/mol. The van der Waals surface area contributed by atoms with Crippen molar-refractivity contribution < 1.29 is 14.2 Å². The summed E-state index contributed by atoms with van der Waals surface area (Å²) in [7, 11) is 0.